The summed E-state index contributed by atoms with van der Waals surface area (Å²) < 4.78 is 7.20. The van der Waals surface area contributed by atoms with Crippen LogP contribution in [-0.2, 0) is 17.6 Å². The topological polar surface area (TPSA) is 115 Å². The Morgan fingerprint density at radius 1 is 1.24 bits per heavy atom. The molecule has 1 fully saturated rings. The van der Waals surface area contributed by atoms with Gasteiger partial charge in [0.25, 0.3) is 5.91 Å². The molecule has 2 aromatic heterocycles. The Kier molecular flexibility index (Phi) is 5.82. The number of primary amides is 1. The molecule has 9 heteroatoms. The lowest BCUT2D eigenvalue weighted by Crippen LogP contribution is -2.45. The molecule has 1 amide bonds. The number of carbonyl (C=O) groups excluding carboxylic acids is 1. The number of fused-ring (bicyclic) bond motifs is 2. The third-order valence-corrected chi connectivity index (χ3v) is 6.59. The summed E-state index contributed by atoms with van der Waals surface area (Å²) in [5.41, 5.74) is 8.89. The zero-order valence-electron chi connectivity index (χ0n) is 18.7. The number of nitrogens with two attached hydrogens (primary N) is 1. The van der Waals surface area contributed by atoms with Gasteiger partial charge in [-0.3, -0.25) is 14.5 Å². The van der Waals surface area contributed by atoms with Gasteiger partial charge in [0.15, 0.2) is 5.65 Å². The largest absolute Gasteiger partial charge is 0.379 e. The lowest BCUT2D eigenvalue weighted by molar-refractivity contribution is 0.0227. The number of pyridine rings is 1. The molecule has 1 saturated heterocycles. The first kappa shape index (κ1) is 21.5. The van der Waals surface area contributed by atoms with Crippen LogP contribution in [0.15, 0.2) is 35.4 Å². The molecule has 33 heavy (non-hydrogen) atoms. The molecule has 9 nitrogen and oxygen atoms in total. The van der Waals surface area contributed by atoms with Crippen molar-refractivity contribution in [2.75, 3.05) is 38.2 Å². The van der Waals surface area contributed by atoms with Gasteiger partial charge in [0.05, 0.1) is 18.6 Å². The maximum Gasteiger partial charge on any atom is 0.254 e. The third-order valence-electron chi connectivity index (χ3n) is 6.59. The monoisotopic (exact) mass is 448 g/mol. The number of anilines is 1. The molecule has 3 N–H and O–H groups in total. The highest BCUT2D eigenvalue weighted by Gasteiger charge is 2.20. The smallest absolute Gasteiger partial charge is 0.254 e. The Labute approximate surface area is 191 Å². The van der Waals surface area contributed by atoms with E-state index in [1.165, 1.54) is 23.5 Å². The van der Waals surface area contributed by atoms with Gasteiger partial charge in [-0.1, -0.05) is 6.07 Å². The van der Waals surface area contributed by atoms with Crippen LogP contribution in [0.2, 0.25) is 0 Å². The van der Waals surface area contributed by atoms with Crippen molar-refractivity contribution in [2.45, 2.75) is 32.2 Å². The predicted octanol–water partition coefficient (Wildman–Crippen LogP) is 1.50. The standard InChI is InChI=1S/C24H28N6O3/c1-15(29-7-9-33-10-8-29)12-26-24-27-13-19-21(31)20(22(25)32)14-30(23(19)28-24)18-6-5-16-3-2-4-17(16)11-18/h5-6,11,13-15H,2-4,7-10,12H2,1H3,(H2,25,32)(H,26,27,28). The fraction of sp³-hybridized carbons (Fsp3) is 0.417. The van der Waals surface area contributed by atoms with Crippen LogP contribution < -0.4 is 16.5 Å². The molecular weight excluding hydrogens is 420 g/mol. The molecule has 1 aliphatic heterocycles. The molecule has 0 bridgehead atoms. The van der Waals surface area contributed by atoms with E-state index in [2.05, 4.69) is 39.2 Å². The molecule has 0 saturated carbocycles. The Bertz CT molecular complexity index is 1270. The van der Waals surface area contributed by atoms with Crippen LogP contribution in [0.3, 0.4) is 0 Å². The van der Waals surface area contributed by atoms with Crippen molar-refractivity contribution in [3.8, 4) is 5.69 Å². The summed E-state index contributed by atoms with van der Waals surface area (Å²) in [6.07, 6.45) is 6.20. The molecule has 1 aliphatic carbocycles. The number of hydrogen-bond acceptors (Lipinski definition) is 7. The minimum atomic E-state index is -0.765. The van der Waals surface area contributed by atoms with E-state index in [1.54, 1.807) is 4.57 Å². The molecule has 5 rings (SSSR count). The van der Waals surface area contributed by atoms with Crippen molar-refractivity contribution in [3.05, 3.63) is 57.5 Å². The summed E-state index contributed by atoms with van der Waals surface area (Å²) in [5, 5.41) is 3.56. The number of amides is 1. The van der Waals surface area contributed by atoms with E-state index >= 15 is 0 Å². The second-order valence-corrected chi connectivity index (χ2v) is 8.72. The summed E-state index contributed by atoms with van der Waals surface area (Å²) in [4.78, 5) is 36.2. The van der Waals surface area contributed by atoms with Crippen LogP contribution in [0.1, 0.15) is 34.8 Å². The van der Waals surface area contributed by atoms with Crippen molar-refractivity contribution in [1.82, 2.24) is 19.4 Å². The second-order valence-electron chi connectivity index (χ2n) is 8.72. The van der Waals surface area contributed by atoms with Crippen molar-refractivity contribution < 1.29 is 9.53 Å². The van der Waals surface area contributed by atoms with Crippen LogP contribution in [0, 0.1) is 0 Å². The molecule has 2 aliphatic rings. The molecule has 1 aromatic carbocycles. The van der Waals surface area contributed by atoms with E-state index in [9.17, 15) is 9.59 Å². The first-order valence-electron chi connectivity index (χ1n) is 11.4. The lowest BCUT2D eigenvalue weighted by Gasteiger charge is -2.32. The molecule has 1 atom stereocenters. The molecule has 3 aromatic rings. The van der Waals surface area contributed by atoms with E-state index in [0.717, 1.165) is 51.3 Å². The molecule has 0 spiro atoms. The summed E-state index contributed by atoms with van der Waals surface area (Å²) in [7, 11) is 0. The first-order chi connectivity index (χ1) is 16.0. The minimum absolute atomic E-state index is 0.0757. The number of benzene rings is 1. The van der Waals surface area contributed by atoms with Gasteiger partial charge >= 0.3 is 0 Å². The third kappa shape index (κ3) is 4.21. The van der Waals surface area contributed by atoms with E-state index < -0.39 is 11.3 Å². The van der Waals surface area contributed by atoms with Crippen LogP contribution in [0.5, 0.6) is 0 Å². The maximum atomic E-state index is 12.9. The SMILES string of the molecule is CC(CNc1ncc2c(=O)c(C(N)=O)cn(-c3ccc4c(c3)CCC4)c2n1)N1CCOCC1. The number of rotatable bonds is 6. The average Bonchev–Trinajstić information content (AvgIpc) is 3.31. The lowest BCUT2D eigenvalue weighted by atomic mass is 10.1. The zero-order valence-corrected chi connectivity index (χ0v) is 18.7. The maximum absolute atomic E-state index is 12.9. The quantitative estimate of drug-likeness (QED) is 0.587. The number of nitrogens with one attached hydrogen (secondary N) is 1. The summed E-state index contributed by atoms with van der Waals surface area (Å²) in [6.45, 7) is 6.09. The van der Waals surface area contributed by atoms with E-state index in [0.29, 0.717) is 18.1 Å². The van der Waals surface area contributed by atoms with Crippen molar-refractivity contribution in [1.29, 1.82) is 0 Å². The number of ether oxygens (including phenoxy) is 1. The summed E-state index contributed by atoms with van der Waals surface area (Å²) in [5.74, 6) is -0.331. The highest BCUT2D eigenvalue weighted by molar-refractivity contribution is 5.96. The number of aryl methyl sites for hydroxylation is 2. The number of aromatic nitrogens is 3. The normalized spacial score (nSPS) is 17.1. The summed E-state index contributed by atoms with van der Waals surface area (Å²) >= 11 is 0. The van der Waals surface area contributed by atoms with Gasteiger partial charge in [-0.05, 0) is 49.4 Å². The molecular formula is C24H28N6O3. The van der Waals surface area contributed by atoms with Crippen molar-refractivity contribution in [3.63, 3.8) is 0 Å². The van der Waals surface area contributed by atoms with Crippen LogP contribution in [0.25, 0.3) is 16.7 Å². The van der Waals surface area contributed by atoms with Gasteiger partial charge in [-0.2, -0.15) is 4.98 Å². The Balaban J connectivity index is 1.52. The Morgan fingerprint density at radius 2 is 2.03 bits per heavy atom. The van der Waals surface area contributed by atoms with Crippen LogP contribution >= 0.6 is 0 Å². The number of hydrogen-bond donors (Lipinski definition) is 2. The zero-order chi connectivity index (χ0) is 22.9. The van der Waals surface area contributed by atoms with Crippen molar-refractivity contribution >= 4 is 22.9 Å². The first-order valence-corrected chi connectivity index (χ1v) is 11.4. The fourth-order valence-corrected chi connectivity index (χ4v) is 4.66. The number of morpholine rings is 1. The second kappa shape index (κ2) is 8.92. The number of carbonyl (C=O) groups is 1. The molecule has 0 radical (unpaired) electrons. The van der Waals surface area contributed by atoms with Crippen LogP contribution in [0.4, 0.5) is 5.95 Å². The average molecular weight is 449 g/mol. The van der Waals surface area contributed by atoms with Gasteiger partial charge in [0.2, 0.25) is 11.4 Å². The fourth-order valence-electron chi connectivity index (χ4n) is 4.66. The molecule has 3 heterocycles. The van der Waals surface area contributed by atoms with Crippen LogP contribution in [-0.4, -0.2) is 64.2 Å². The Morgan fingerprint density at radius 3 is 2.82 bits per heavy atom. The number of nitrogens with zero attached hydrogens (tertiary/aromatic N) is 4. The predicted molar refractivity (Wildman–Crippen MR) is 126 cm³/mol. The van der Waals surface area contributed by atoms with Gasteiger partial charge < -0.3 is 20.4 Å². The van der Waals surface area contributed by atoms with E-state index in [4.69, 9.17) is 10.5 Å². The highest BCUT2D eigenvalue weighted by Crippen LogP contribution is 2.26. The summed E-state index contributed by atoms with van der Waals surface area (Å²) in [6, 6.07) is 6.49. The van der Waals surface area contributed by atoms with Gasteiger partial charge in [0.1, 0.15) is 5.56 Å². The van der Waals surface area contributed by atoms with E-state index in [1.807, 2.05) is 6.07 Å². The molecule has 1 unspecified atom stereocenters. The van der Waals surface area contributed by atoms with Gasteiger partial charge in [-0.15, -0.1) is 0 Å². The van der Waals surface area contributed by atoms with Gasteiger partial charge in [-0.25, -0.2) is 4.98 Å². The van der Waals surface area contributed by atoms with Crippen molar-refractivity contribution in [2.24, 2.45) is 5.73 Å². The van der Waals surface area contributed by atoms with Gasteiger partial charge in [0, 0.05) is 43.8 Å². The highest BCUT2D eigenvalue weighted by atomic mass is 16.5. The minimum Gasteiger partial charge on any atom is -0.379 e. The van der Waals surface area contributed by atoms with E-state index in [-0.39, 0.29) is 17.0 Å². The Hall–Kier alpha value is -3.30. The molecule has 172 valence electrons.